The van der Waals surface area contributed by atoms with Gasteiger partial charge in [0.2, 0.25) is 5.95 Å². The number of piperidine rings is 1. The lowest BCUT2D eigenvalue weighted by Crippen LogP contribution is -2.47. The van der Waals surface area contributed by atoms with Gasteiger partial charge >= 0.3 is 0 Å². The Kier molecular flexibility index (Phi) is 6.42. The minimum Gasteiger partial charge on any atom is -0.361 e. The minimum absolute atomic E-state index is 0.256. The maximum atomic E-state index is 12.8. The highest BCUT2D eigenvalue weighted by atomic mass is 16.3. The lowest BCUT2D eigenvalue weighted by molar-refractivity contribution is 0.131. The molecule has 0 spiro atoms. The predicted octanol–water partition coefficient (Wildman–Crippen LogP) is 1.54. The maximum Gasteiger partial charge on any atom is 0.283 e. The van der Waals surface area contributed by atoms with Gasteiger partial charge < -0.3 is 20.2 Å². The van der Waals surface area contributed by atoms with Gasteiger partial charge in [-0.15, -0.1) is 0 Å². The van der Waals surface area contributed by atoms with E-state index in [1.54, 1.807) is 18.2 Å². The topological polar surface area (TPSA) is 119 Å². The van der Waals surface area contributed by atoms with Gasteiger partial charge in [-0.3, -0.25) is 10.1 Å². The second kappa shape index (κ2) is 9.12. The molecular formula is C23H32N8O2. The number of aliphatic hydroxyl groups excluding tert-OH is 1. The van der Waals surface area contributed by atoms with E-state index in [4.69, 9.17) is 4.98 Å². The number of anilines is 2. The van der Waals surface area contributed by atoms with Gasteiger partial charge in [0.15, 0.2) is 12.0 Å². The van der Waals surface area contributed by atoms with Crippen LogP contribution < -0.4 is 21.1 Å². The molecule has 1 aliphatic rings. The fourth-order valence-corrected chi connectivity index (χ4v) is 4.04. The average Bonchev–Trinajstić information content (AvgIpc) is 2.88. The zero-order valence-corrected chi connectivity index (χ0v) is 19.8. The smallest absolute Gasteiger partial charge is 0.283 e. The van der Waals surface area contributed by atoms with Crippen LogP contribution in [-0.4, -0.2) is 75.1 Å². The van der Waals surface area contributed by atoms with Gasteiger partial charge in [-0.25, -0.2) is 15.0 Å². The van der Waals surface area contributed by atoms with Crippen molar-refractivity contribution < 1.29 is 5.11 Å². The quantitative estimate of drug-likeness (QED) is 0.492. The van der Waals surface area contributed by atoms with Crippen molar-refractivity contribution in [3.8, 4) is 0 Å². The second-order valence-electron chi connectivity index (χ2n) is 9.70. The average molecular weight is 453 g/mol. The summed E-state index contributed by atoms with van der Waals surface area (Å²) in [4.78, 5) is 35.2. The number of fused-ring (bicyclic) bond motifs is 2. The molecule has 1 atom stereocenters. The molecule has 0 aliphatic carbocycles. The molecule has 33 heavy (non-hydrogen) atoms. The first kappa shape index (κ1) is 23.2. The van der Waals surface area contributed by atoms with Crippen LogP contribution in [0.2, 0.25) is 0 Å². The number of hydrogen-bond donors (Lipinski definition) is 3. The minimum atomic E-state index is -1.01. The van der Waals surface area contributed by atoms with Crippen molar-refractivity contribution in [1.82, 2.24) is 30.2 Å². The normalized spacial score (nSPS) is 16.8. The Hall–Kier alpha value is -2.95. The van der Waals surface area contributed by atoms with Crippen molar-refractivity contribution in [3.63, 3.8) is 0 Å². The molecule has 10 nitrogen and oxygen atoms in total. The van der Waals surface area contributed by atoms with Crippen LogP contribution in [0, 0.1) is 0 Å². The van der Waals surface area contributed by atoms with Crippen LogP contribution in [0.1, 0.15) is 33.6 Å². The van der Waals surface area contributed by atoms with Crippen LogP contribution >= 0.6 is 0 Å². The Balaban J connectivity index is 1.75. The van der Waals surface area contributed by atoms with E-state index in [1.165, 1.54) is 6.20 Å². The van der Waals surface area contributed by atoms with Crippen molar-refractivity contribution in [2.45, 2.75) is 51.5 Å². The molecule has 2 aromatic heterocycles. The monoisotopic (exact) mass is 452 g/mol. The number of hydrogen-bond acceptors (Lipinski definition) is 10. The molecule has 3 N–H and O–H groups in total. The zero-order valence-electron chi connectivity index (χ0n) is 19.8. The van der Waals surface area contributed by atoms with Gasteiger partial charge in [0.05, 0.1) is 11.2 Å². The molecule has 4 rings (SSSR count). The molecule has 3 heterocycles. The van der Waals surface area contributed by atoms with Crippen LogP contribution in [0.5, 0.6) is 0 Å². The maximum absolute atomic E-state index is 12.8. The summed E-state index contributed by atoms with van der Waals surface area (Å²) in [6, 6.07) is 5.59. The van der Waals surface area contributed by atoms with Gasteiger partial charge in [0, 0.05) is 24.8 Å². The van der Waals surface area contributed by atoms with Gasteiger partial charge in [0.25, 0.3) is 5.56 Å². The molecule has 1 aliphatic heterocycles. The highest BCUT2D eigenvalue weighted by Gasteiger charge is 2.23. The third-order valence-electron chi connectivity index (χ3n) is 5.85. The van der Waals surface area contributed by atoms with Crippen molar-refractivity contribution in [1.29, 1.82) is 0 Å². The molecular weight excluding hydrogens is 420 g/mol. The lowest BCUT2D eigenvalue weighted by atomic mass is 10.0. The highest BCUT2D eigenvalue weighted by molar-refractivity contribution is 5.90. The SMILES string of the molecule is CN1CCC(N(C)c2ncc3c(=O)nc4cccc(NC(O)NC(C)(C)C)c4nc3n2)CC1. The number of benzene rings is 1. The molecule has 0 bridgehead atoms. The van der Waals surface area contributed by atoms with Gasteiger partial charge in [-0.05, 0) is 65.9 Å². The number of aliphatic hydroxyl groups is 1. The third-order valence-corrected chi connectivity index (χ3v) is 5.85. The van der Waals surface area contributed by atoms with E-state index in [2.05, 4.69) is 42.4 Å². The Morgan fingerprint density at radius 1 is 1.18 bits per heavy atom. The summed E-state index contributed by atoms with van der Waals surface area (Å²) in [6.45, 7) is 7.91. The summed E-state index contributed by atoms with van der Waals surface area (Å²) in [5.41, 5.74) is 0.946. The van der Waals surface area contributed by atoms with Crippen LogP contribution in [0.3, 0.4) is 0 Å². The molecule has 0 radical (unpaired) electrons. The van der Waals surface area contributed by atoms with Crippen molar-refractivity contribution in [2.75, 3.05) is 37.4 Å². The number of nitrogens with one attached hydrogen (secondary N) is 2. The van der Waals surface area contributed by atoms with E-state index in [-0.39, 0.29) is 16.6 Å². The first-order chi connectivity index (χ1) is 15.6. The lowest BCUT2D eigenvalue weighted by Gasteiger charge is -2.35. The molecule has 0 amide bonds. The van der Waals surface area contributed by atoms with Crippen LogP contribution in [0.25, 0.3) is 22.1 Å². The van der Waals surface area contributed by atoms with Crippen LogP contribution in [0.4, 0.5) is 11.6 Å². The molecule has 3 aromatic rings. The molecule has 1 saturated heterocycles. The molecule has 1 fully saturated rings. The van der Waals surface area contributed by atoms with E-state index >= 15 is 0 Å². The first-order valence-electron chi connectivity index (χ1n) is 11.2. The summed E-state index contributed by atoms with van der Waals surface area (Å²) in [5.74, 6) is 0.531. The standard InChI is InChI=1S/C23H32N8O2/c1-23(2,3)29-22(33)26-17-8-6-7-16-18(17)27-19-15(20(32)25-16)13-24-21(28-19)31(5)14-9-11-30(4)12-10-14/h6-8,13-14,22,26,29,33H,9-12H2,1-5H3. The van der Waals surface area contributed by atoms with E-state index in [1.807, 2.05) is 27.8 Å². The van der Waals surface area contributed by atoms with E-state index in [0.717, 1.165) is 25.9 Å². The summed E-state index contributed by atoms with van der Waals surface area (Å²) in [6.07, 6.45) is 2.54. The van der Waals surface area contributed by atoms with Crippen LogP contribution in [0.15, 0.2) is 29.2 Å². The number of para-hydroxylation sites is 1. The number of likely N-dealkylation sites (tertiary alicyclic amines) is 1. The predicted molar refractivity (Wildman–Crippen MR) is 130 cm³/mol. The Morgan fingerprint density at radius 3 is 2.61 bits per heavy atom. The summed E-state index contributed by atoms with van der Waals surface area (Å²) >= 11 is 0. The zero-order chi connectivity index (χ0) is 23.8. The fourth-order valence-electron chi connectivity index (χ4n) is 4.04. The molecule has 10 heteroatoms. The number of nitrogens with zero attached hydrogens (tertiary/aromatic N) is 6. The highest BCUT2D eigenvalue weighted by Crippen LogP contribution is 2.23. The summed E-state index contributed by atoms with van der Waals surface area (Å²) in [5, 5.41) is 16.8. The van der Waals surface area contributed by atoms with Crippen LogP contribution in [-0.2, 0) is 0 Å². The van der Waals surface area contributed by atoms with E-state index in [0.29, 0.717) is 28.7 Å². The fraction of sp³-hybridized carbons (Fsp3) is 0.522. The van der Waals surface area contributed by atoms with E-state index in [9.17, 15) is 9.90 Å². The van der Waals surface area contributed by atoms with Gasteiger partial charge in [-0.2, -0.15) is 4.98 Å². The van der Waals surface area contributed by atoms with Gasteiger partial charge in [-0.1, -0.05) is 6.07 Å². The summed E-state index contributed by atoms with van der Waals surface area (Å²) < 4.78 is 0. The number of rotatable bonds is 5. The van der Waals surface area contributed by atoms with Crippen molar-refractivity contribution in [3.05, 3.63) is 34.7 Å². The second-order valence-corrected chi connectivity index (χ2v) is 9.70. The molecule has 1 unspecified atom stereocenters. The third kappa shape index (κ3) is 5.35. The largest absolute Gasteiger partial charge is 0.361 e. The number of aromatic nitrogens is 4. The van der Waals surface area contributed by atoms with Gasteiger partial charge in [0.1, 0.15) is 10.9 Å². The Labute approximate surface area is 193 Å². The van der Waals surface area contributed by atoms with Crippen molar-refractivity contribution >= 4 is 33.7 Å². The van der Waals surface area contributed by atoms with Crippen molar-refractivity contribution in [2.24, 2.45) is 0 Å². The Morgan fingerprint density at radius 2 is 1.91 bits per heavy atom. The Bertz CT molecular complexity index is 1200. The molecule has 176 valence electrons. The molecule has 0 saturated carbocycles. The first-order valence-corrected chi connectivity index (χ1v) is 11.2. The molecule has 1 aromatic carbocycles. The van der Waals surface area contributed by atoms with E-state index < -0.39 is 11.9 Å². The summed E-state index contributed by atoms with van der Waals surface area (Å²) in [7, 11) is 4.11.